The molecular formula is C24H23F3N4O3. The van der Waals surface area contributed by atoms with Crippen molar-refractivity contribution in [2.24, 2.45) is 0 Å². The fraction of sp³-hybridized carbons (Fsp3) is 0.333. The van der Waals surface area contributed by atoms with E-state index >= 15 is 0 Å². The Balaban J connectivity index is 1.57. The van der Waals surface area contributed by atoms with Crippen molar-refractivity contribution in [3.8, 4) is 11.5 Å². The largest absolute Gasteiger partial charge is 0.493 e. The van der Waals surface area contributed by atoms with E-state index in [0.29, 0.717) is 41.9 Å². The first-order valence-electron chi connectivity index (χ1n) is 10.9. The number of imidazole rings is 1. The summed E-state index contributed by atoms with van der Waals surface area (Å²) in [7, 11) is 1.57. The molecule has 10 heteroatoms. The summed E-state index contributed by atoms with van der Waals surface area (Å²) in [4.78, 5) is 8.92. The van der Waals surface area contributed by atoms with E-state index in [-0.39, 0.29) is 6.10 Å². The molecule has 7 nitrogen and oxygen atoms in total. The number of hydrogen-bond acceptors (Lipinski definition) is 6. The van der Waals surface area contributed by atoms with E-state index in [9.17, 15) is 13.2 Å². The Morgan fingerprint density at radius 2 is 2.06 bits per heavy atom. The molecule has 0 spiro atoms. The van der Waals surface area contributed by atoms with Crippen LogP contribution < -0.4 is 14.8 Å². The fourth-order valence-corrected chi connectivity index (χ4v) is 4.08. The van der Waals surface area contributed by atoms with Gasteiger partial charge in [-0.2, -0.15) is 18.2 Å². The maximum absolute atomic E-state index is 13.2. The summed E-state index contributed by atoms with van der Waals surface area (Å²) in [6.07, 6.45) is -0.305. The molecular weight excluding hydrogens is 449 g/mol. The Morgan fingerprint density at radius 1 is 1.21 bits per heavy atom. The SMILES string of the molecule is COc1cc2c(cc1OC1CCOC1)c(N[C@H](C)c1cccc(C(F)(F)F)c1)nc1nccn12. The average Bonchev–Trinajstić information content (AvgIpc) is 3.50. The lowest BCUT2D eigenvalue weighted by atomic mass is 10.0. The number of aromatic nitrogens is 3. The summed E-state index contributed by atoms with van der Waals surface area (Å²) < 4.78 is 58.6. The number of nitrogens with one attached hydrogen (secondary N) is 1. The number of hydrogen-bond donors (Lipinski definition) is 1. The minimum absolute atomic E-state index is 0.0864. The third-order valence-corrected chi connectivity index (χ3v) is 5.88. The Morgan fingerprint density at radius 3 is 2.79 bits per heavy atom. The first-order chi connectivity index (χ1) is 16.3. The van der Waals surface area contributed by atoms with E-state index in [0.717, 1.165) is 29.5 Å². The lowest BCUT2D eigenvalue weighted by Crippen LogP contribution is -2.16. The molecule has 0 radical (unpaired) electrons. The van der Waals surface area contributed by atoms with Crippen LogP contribution in [-0.2, 0) is 10.9 Å². The van der Waals surface area contributed by atoms with Gasteiger partial charge >= 0.3 is 6.18 Å². The Labute approximate surface area is 193 Å². The van der Waals surface area contributed by atoms with Crippen molar-refractivity contribution < 1.29 is 27.4 Å². The van der Waals surface area contributed by atoms with Gasteiger partial charge in [0.05, 0.1) is 31.4 Å². The van der Waals surface area contributed by atoms with E-state index in [4.69, 9.17) is 14.2 Å². The van der Waals surface area contributed by atoms with Crippen LogP contribution in [0.25, 0.3) is 16.7 Å². The first-order valence-corrected chi connectivity index (χ1v) is 10.9. The highest BCUT2D eigenvalue weighted by atomic mass is 19.4. The third-order valence-electron chi connectivity index (χ3n) is 5.88. The highest BCUT2D eigenvalue weighted by molar-refractivity contribution is 5.93. The van der Waals surface area contributed by atoms with Gasteiger partial charge in [0, 0.05) is 36.3 Å². The molecule has 2 atom stereocenters. The van der Waals surface area contributed by atoms with E-state index in [1.807, 2.05) is 16.5 Å². The van der Waals surface area contributed by atoms with Gasteiger partial charge < -0.3 is 19.5 Å². The summed E-state index contributed by atoms with van der Waals surface area (Å²) in [6, 6.07) is 8.48. The van der Waals surface area contributed by atoms with Crippen molar-refractivity contribution in [3.05, 3.63) is 59.9 Å². The van der Waals surface area contributed by atoms with E-state index in [2.05, 4.69) is 15.3 Å². The van der Waals surface area contributed by atoms with Crippen LogP contribution in [0.15, 0.2) is 48.8 Å². The van der Waals surface area contributed by atoms with Gasteiger partial charge in [0.25, 0.3) is 0 Å². The van der Waals surface area contributed by atoms with Crippen LogP contribution >= 0.6 is 0 Å². The van der Waals surface area contributed by atoms with Crippen molar-refractivity contribution in [1.29, 1.82) is 0 Å². The van der Waals surface area contributed by atoms with Crippen LogP contribution in [-0.4, -0.2) is 40.8 Å². The van der Waals surface area contributed by atoms with Crippen molar-refractivity contribution in [3.63, 3.8) is 0 Å². The van der Waals surface area contributed by atoms with Crippen molar-refractivity contribution in [2.45, 2.75) is 31.7 Å². The molecule has 1 unspecified atom stereocenters. The van der Waals surface area contributed by atoms with Crippen molar-refractivity contribution in [2.75, 3.05) is 25.6 Å². The van der Waals surface area contributed by atoms with Gasteiger partial charge in [-0.15, -0.1) is 0 Å². The van der Waals surface area contributed by atoms with Crippen LogP contribution in [0.2, 0.25) is 0 Å². The van der Waals surface area contributed by atoms with Crippen LogP contribution in [0, 0.1) is 0 Å². The second-order valence-electron chi connectivity index (χ2n) is 8.17. The average molecular weight is 472 g/mol. The van der Waals surface area contributed by atoms with Crippen LogP contribution in [0.5, 0.6) is 11.5 Å². The fourth-order valence-electron chi connectivity index (χ4n) is 4.08. The van der Waals surface area contributed by atoms with Crippen LogP contribution in [0.3, 0.4) is 0 Å². The molecule has 1 N–H and O–H groups in total. The third kappa shape index (κ3) is 4.21. The number of fused-ring (bicyclic) bond motifs is 3. The first kappa shape index (κ1) is 22.3. The molecule has 5 rings (SSSR count). The maximum atomic E-state index is 13.2. The zero-order chi connectivity index (χ0) is 23.9. The van der Waals surface area contributed by atoms with Gasteiger partial charge in [0.2, 0.25) is 5.78 Å². The van der Waals surface area contributed by atoms with Gasteiger partial charge in [-0.3, -0.25) is 4.40 Å². The van der Waals surface area contributed by atoms with E-state index in [1.54, 1.807) is 32.5 Å². The molecule has 2 aromatic carbocycles. The second kappa shape index (κ2) is 8.68. The standard InChI is InChI=1S/C24H23F3N4O3/c1-14(15-4-3-5-16(10-15)24(25,26)27)29-22-18-11-21(34-17-6-9-33-13-17)20(32-2)12-19(18)31-8-7-28-23(31)30-22/h3-5,7-8,10-12,14,17H,6,9,13H2,1-2H3,(H,28,29,30)/t14-,17?/m1/s1. The van der Waals surface area contributed by atoms with Crippen molar-refractivity contribution >= 4 is 22.5 Å². The molecule has 178 valence electrons. The second-order valence-corrected chi connectivity index (χ2v) is 8.17. The highest BCUT2D eigenvalue weighted by Gasteiger charge is 2.31. The summed E-state index contributed by atoms with van der Waals surface area (Å²) in [5.74, 6) is 2.03. The molecule has 0 bridgehead atoms. The van der Waals surface area contributed by atoms with E-state index < -0.39 is 17.8 Å². The predicted octanol–water partition coefficient (Wildman–Crippen LogP) is 5.25. The molecule has 34 heavy (non-hydrogen) atoms. The summed E-state index contributed by atoms with van der Waals surface area (Å²) in [6.45, 7) is 2.92. The lowest BCUT2D eigenvalue weighted by Gasteiger charge is -2.20. The van der Waals surface area contributed by atoms with Gasteiger partial charge in [0.15, 0.2) is 11.5 Å². The maximum Gasteiger partial charge on any atom is 0.416 e. The highest BCUT2D eigenvalue weighted by Crippen LogP contribution is 2.38. The Bertz CT molecular complexity index is 1330. The summed E-state index contributed by atoms with van der Waals surface area (Å²) >= 11 is 0. The number of alkyl halides is 3. The normalized spacial score (nSPS) is 17.3. The minimum atomic E-state index is -4.41. The molecule has 2 aromatic heterocycles. The smallest absolute Gasteiger partial charge is 0.416 e. The summed E-state index contributed by atoms with van der Waals surface area (Å²) in [5, 5.41) is 3.99. The number of benzene rings is 2. The Kier molecular flexibility index (Phi) is 5.68. The minimum Gasteiger partial charge on any atom is -0.493 e. The molecule has 0 aliphatic carbocycles. The van der Waals surface area contributed by atoms with Crippen molar-refractivity contribution in [1.82, 2.24) is 14.4 Å². The number of nitrogens with zero attached hydrogens (tertiary/aromatic N) is 3. The Hall–Kier alpha value is -3.53. The number of halogens is 3. The summed E-state index contributed by atoms with van der Waals surface area (Å²) in [5.41, 5.74) is 0.563. The number of methoxy groups -OCH3 is 1. The molecule has 1 aliphatic rings. The number of rotatable bonds is 6. The lowest BCUT2D eigenvalue weighted by molar-refractivity contribution is -0.137. The van der Waals surface area contributed by atoms with Crippen LogP contribution in [0.4, 0.5) is 19.0 Å². The number of ether oxygens (including phenoxy) is 3. The molecule has 1 saturated heterocycles. The van der Waals surface area contributed by atoms with Gasteiger partial charge in [-0.1, -0.05) is 12.1 Å². The molecule has 1 aliphatic heterocycles. The number of anilines is 1. The quantitative estimate of drug-likeness (QED) is 0.413. The molecule has 1 fully saturated rings. The molecule has 0 amide bonds. The van der Waals surface area contributed by atoms with Crippen LogP contribution in [0.1, 0.15) is 30.5 Å². The van der Waals surface area contributed by atoms with Gasteiger partial charge in [0.1, 0.15) is 11.9 Å². The van der Waals surface area contributed by atoms with Gasteiger partial charge in [-0.05, 0) is 30.7 Å². The van der Waals surface area contributed by atoms with Gasteiger partial charge in [-0.25, -0.2) is 4.98 Å². The monoisotopic (exact) mass is 472 g/mol. The molecule has 0 saturated carbocycles. The molecule has 3 heterocycles. The predicted molar refractivity (Wildman–Crippen MR) is 120 cm³/mol. The zero-order valence-corrected chi connectivity index (χ0v) is 18.6. The topological polar surface area (TPSA) is 69.9 Å². The zero-order valence-electron chi connectivity index (χ0n) is 18.6. The van der Waals surface area contributed by atoms with E-state index in [1.165, 1.54) is 6.07 Å². The molecule has 4 aromatic rings.